The number of hydrogen-bond donors (Lipinski definition) is 2. The third-order valence-corrected chi connectivity index (χ3v) is 4.29. The Morgan fingerprint density at radius 2 is 2.00 bits per heavy atom. The van der Waals surface area contributed by atoms with Gasteiger partial charge in [0, 0.05) is 17.5 Å². The first-order valence-corrected chi connectivity index (χ1v) is 8.87. The highest BCUT2D eigenvalue weighted by Crippen LogP contribution is 2.30. The van der Waals surface area contributed by atoms with Gasteiger partial charge in [-0.2, -0.15) is 5.10 Å². The van der Waals surface area contributed by atoms with E-state index in [1.807, 2.05) is 0 Å². The molecule has 0 saturated heterocycles. The summed E-state index contributed by atoms with van der Waals surface area (Å²) in [5.74, 6) is -0.277. The van der Waals surface area contributed by atoms with Gasteiger partial charge in [-0.15, -0.1) is 0 Å². The summed E-state index contributed by atoms with van der Waals surface area (Å²) in [5.41, 5.74) is 4.67. The van der Waals surface area contributed by atoms with Crippen molar-refractivity contribution in [1.29, 1.82) is 0 Å². The zero-order valence-corrected chi connectivity index (χ0v) is 15.5. The number of esters is 1. The number of aromatic hydroxyl groups is 1. The number of rotatable bonds is 4. The smallest absolute Gasteiger partial charge is 0.374 e. The Hall–Kier alpha value is -3.09. The van der Waals surface area contributed by atoms with Crippen molar-refractivity contribution >= 4 is 17.6 Å². The molecule has 7 nitrogen and oxygen atoms in total. The van der Waals surface area contributed by atoms with Crippen LogP contribution in [-0.2, 0) is 11.2 Å². The Bertz CT molecular complexity index is 911. The number of carbonyl (C=O) groups is 2. The van der Waals surface area contributed by atoms with Crippen LogP contribution in [0.1, 0.15) is 64.5 Å². The largest absolute Gasteiger partial charge is 0.507 e. The molecule has 0 unspecified atom stereocenters. The number of phenolic OH excluding ortho intramolecular Hbond substituents is 1. The highest BCUT2D eigenvalue weighted by molar-refractivity contribution is 6.06. The Balaban J connectivity index is 1.87. The lowest BCUT2D eigenvalue weighted by Gasteiger charge is -2.13. The second kappa shape index (κ2) is 7.65. The number of nitrogens with one attached hydrogen (secondary N) is 1. The first kappa shape index (κ1) is 18.7. The number of furan rings is 1. The second-order valence-corrected chi connectivity index (χ2v) is 6.68. The standard InChI is InChI=1S/C20H22N2O5/c1-11(2)26-20(25)18-12(3)17-14(8-6-10-16(17)27-18)21-22-19(24)13-7-4-5-9-15(13)23/h4-5,7,9,11,23H,6,8,10H2,1-3H3,(H,22,24)/b21-14+. The lowest BCUT2D eigenvalue weighted by Crippen LogP contribution is -2.22. The fourth-order valence-electron chi connectivity index (χ4n) is 3.09. The molecular weight excluding hydrogens is 348 g/mol. The van der Waals surface area contributed by atoms with Crippen molar-refractivity contribution < 1.29 is 23.8 Å². The molecule has 1 amide bonds. The summed E-state index contributed by atoms with van der Waals surface area (Å²) in [4.78, 5) is 24.5. The van der Waals surface area contributed by atoms with Gasteiger partial charge in [0.25, 0.3) is 5.91 Å². The van der Waals surface area contributed by atoms with Crippen LogP contribution < -0.4 is 5.43 Å². The van der Waals surface area contributed by atoms with E-state index in [1.165, 1.54) is 12.1 Å². The molecule has 1 aliphatic rings. The molecule has 7 heteroatoms. The fourth-order valence-corrected chi connectivity index (χ4v) is 3.09. The number of hydrazone groups is 1. The summed E-state index contributed by atoms with van der Waals surface area (Å²) in [6, 6.07) is 6.25. The predicted octanol–water partition coefficient (Wildman–Crippen LogP) is 3.33. The molecule has 0 bridgehead atoms. The third-order valence-electron chi connectivity index (χ3n) is 4.29. The number of hydrogen-bond acceptors (Lipinski definition) is 6. The Morgan fingerprint density at radius 1 is 1.26 bits per heavy atom. The van der Waals surface area contributed by atoms with Gasteiger partial charge in [0.15, 0.2) is 0 Å². The molecular formula is C20H22N2O5. The SMILES string of the molecule is Cc1c(C(=O)OC(C)C)oc2c1/C(=N/NC(=O)c1ccccc1O)CCC2. The Morgan fingerprint density at radius 3 is 2.70 bits per heavy atom. The summed E-state index contributed by atoms with van der Waals surface area (Å²) in [6.45, 7) is 5.33. The van der Waals surface area contributed by atoms with E-state index in [-0.39, 0.29) is 23.2 Å². The van der Waals surface area contributed by atoms with E-state index in [4.69, 9.17) is 9.15 Å². The number of carbonyl (C=O) groups excluding carboxylic acids is 2. The first-order valence-electron chi connectivity index (χ1n) is 8.87. The van der Waals surface area contributed by atoms with Crippen LogP contribution in [0.3, 0.4) is 0 Å². The number of nitrogens with zero attached hydrogens (tertiary/aromatic N) is 1. The van der Waals surface area contributed by atoms with E-state index in [2.05, 4.69) is 10.5 Å². The molecule has 142 valence electrons. The van der Waals surface area contributed by atoms with Crippen molar-refractivity contribution in [3.63, 3.8) is 0 Å². The molecule has 3 rings (SSSR count). The van der Waals surface area contributed by atoms with Gasteiger partial charge in [-0.3, -0.25) is 4.79 Å². The molecule has 27 heavy (non-hydrogen) atoms. The Labute approximate surface area is 157 Å². The van der Waals surface area contributed by atoms with Crippen molar-refractivity contribution in [3.8, 4) is 5.75 Å². The van der Waals surface area contributed by atoms with Crippen LogP contribution in [0, 0.1) is 6.92 Å². The summed E-state index contributed by atoms with van der Waals surface area (Å²) in [5, 5.41) is 14.0. The zero-order valence-electron chi connectivity index (χ0n) is 15.5. The number of aryl methyl sites for hydroxylation is 1. The number of fused-ring (bicyclic) bond motifs is 1. The van der Waals surface area contributed by atoms with Crippen molar-refractivity contribution in [1.82, 2.24) is 5.43 Å². The number of benzene rings is 1. The Kier molecular flexibility index (Phi) is 5.30. The summed E-state index contributed by atoms with van der Waals surface area (Å²) in [6.07, 6.45) is 1.89. The van der Waals surface area contributed by atoms with Gasteiger partial charge in [0.05, 0.1) is 17.4 Å². The van der Waals surface area contributed by atoms with E-state index in [9.17, 15) is 14.7 Å². The molecule has 1 aliphatic carbocycles. The van der Waals surface area contributed by atoms with Crippen LogP contribution in [0.4, 0.5) is 0 Å². The van der Waals surface area contributed by atoms with Gasteiger partial charge in [-0.1, -0.05) is 12.1 Å². The maximum Gasteiger partial charge on any atom is 0.374 e. The molecule has 2 aromatic rings. The van der Waals surface area contributed by atoms with E-state index < -0.39 is 11.9 Å². The summed E-state index contributed by atoms with van der Waals surface area (Å²) < 4.78 is 11.0. The minimum atomic E-state index is -0.506. The van der Waals surface area contributed by atoms with Crippen LogP contribution in [0.2, 0.25) is 0 Å². The van der Waals surface area contributed by atoms with Gasteiger partial charge >= 0.3 is 5.97 Å². The van der Waals surface area contributed by atoms with Gasteiger partial charge < -0.3 is 14.3 Å². The predicted molar refractivity (Wildman–Crippen MR) is 99.0 cm³/mol. The third kappa shape index (κ3) is 3.86. The second-order valence-electron chi connectivity index (χ2n) is 6.68. The average Bonchev–Trinajstić information content (AvgIpc) is 2.97. The van der Waals surface area contributed by atoms with Crippen LogP contribution in [0.25, 0.3) is 0 Å². The van der Waals surface area contributed by atoms with Crippen LogP contribution in [0.15, 0.2) is 33.8 Å². The first-order chi connectivity index (χ1) is 12.9. The summed E-state index contributed by atoms with van der Waals surface area (Å²) in [7, 11) is 0. The van der Waals surface area contributed by atoms with Crippen molar-refractivity contribution in [3.05, 3.63) is 52.5 Å². The molecule has 0 fully saturated rings. The maximum absolute atomic E-state index is 12.3. The highest BCUT2D eigenvalue weighted by atomic mass is 16.6. The van der Waals surface area contributed by atoms with Gasteiger partial charge in [-0.05, 0) is 45.7 Å². The van der Waals surface area contributed by atoms with Crippen molar-refractivity contribution in [2.24, 2.45) is 5.10 Å². The molecule has 0 spiro atoms. The number of amides is 1. The van der Waals surface area contributed by atoms with E-state index in [0.29, 0.717) is 29.9 Å². The average molecular weight is 370 g/mol. The van der Waals surface area contributed by atoms with Crippen molar-refractivity contribution in [2.75, 3.05) is 0 Å². The minimum absolute atomic E-state index is 0.113. The highest BCUT2D eigenvalue weighted by Gasteiger charge is 2.29. The lowest BCUT2D eigenvalue weighted by molar-refractivity contribution is 0.0338. The topological polar surface area (TPSA) is 101 Å². The van der Waals surface area contributed by atoms with Crippen LogP contribution in [-0.4, -0.2) is 28.8 Å². The van der Waals surface area contributed by atoms with Crippen molar-refractivity contribution in [2.45, 2.75) is 46.1 Å². The molecule has 0 saturated carbocycles. The zero-order chi connectivity index (χ0) is 19.6. The van der Waals surface area contributed by atoms with Gasteiger partial charge in [0.2, 0.25) is 5.76 Å². The van der Waals surface area contributed by atoms with E-state index in [0.717, 1.165) is 12.0 Å². The van der Waals surface area contributed by atoms with E-state index >= 15 is 0 Å². The van der Waals surface area contributed by atoms with E-state index in [1.54, 1.807) is 32.9 Å². The molecule has 0 atom stereocenters. The molecule has 2 N–H and O–H groups in total. The fraction of sp³-hybridized carbons (Fsp3) is 0.350. The molecule has 1 aromatic heterocycles. The number of phenols is 1. The minimum Gasteiger partial charge on any atom is -0.507 e. The lowest BCUT2D eigenvalue weighted by atomic mass is 9.93. The number of para-hydroxylation sites is 1. The van der Waals surface area contributed by atoms with Gasteiger partial charge in [0.1, 0.15) is 11.5 Å². The van der Waals surface area contributed by atoms with Gasteiger partial charge in [-0.25, -0.2) is 10.2 Å². The quantitative estimate of drug-likeness (QED) is 0.635. The monoisotopic (exact) mass is 370 g/mol. The van der Waals surface area contributed by atoms with Crippen LogP contribution in [0.5, 0.6) is 5.75 Å². The normalized spacial score (nSPS) is 14.9. The molecule has 0 aliphatic heterocycles. The maximum atomic E-state index is 12.3. The molecule has 1 aromatic carbocycles. The molecule has 0 radical (unpaired) electrons. The molecule has 1 heterocycles. The van der Waals surface area contributed by atoms with Crippen LogP contribution >= 0.6 is 0 Å². The number of ether oxygens (including phenoxy) is 1. The summed E-state index contributed by atoms with van der Waals surface area (Å²) >= 11 is 0.